The highest BCUT2D eigenvalue weighted by Crippen LogP contribution is 2.29. The Morgan fingerprint density at radius 3 is 2.36 bits per heavy atom. The van der Waals surface area contributed by atoms with Crippen LogP contribution in [0.2, 0.25) is 0 Å². The van der Waals surface area contributed by atoms with Gasteiger partial charge in [-0.15, -0.1) is 0 Å². The van der Waals surface area contributed by atoms with Crippen LogP contribution in [-0.4, -0.2) is 38.0 Å². The number of hydrogen-bond donors (Lipinski definition) is 3. The lowest BCUT2D eigenvalue weighted by molar-refractivity contribution is -0.123. The van der Waals surface area contributed by atoms with Crippen molar-refractivity contribution in [1.29, 1.82) is 0 Å². The van der Waals surface area contributed by atoms with Crippen LogP contribution in [0.15, 0.2) is 47.5 Å². The monoisotopic (exact) mass is 498 g/mol. The van der Waals surface area contributed by atoms with Gasteiger partial charge in [0.05, 0.1) is 20.6 Å². The van der Waals surface area contributed by atoms with Gasteiger partial charge in [0.15, 0.2) is 17.5 Å². The second-order valence-corrected chi connectivity index (χ2v) is 9.03. The summed E-state index contributed by atoms with van der Waals surface area (Å²) in [5.74, 6) is 0.405. The fourth-order valence-electron chi connectivity index (χ4n) is 4.43. The third-order valence-electron chi connectivity index (χ3n) is 6.34. The van der Waals surface area contributed by atoms with E-state index in [1.165, 1.54) is 25.7 Å². The molecule has 1 saturated carbocycles. The minimum absolute atomic E-state index is 0.0562. The summed E-state index contributed by atoms with van der Waals surface area (Å²) in [6, 6.07) is 10.4. The SMILES string of the molecule is COc1ccc(CC(=O)NC(N)=N[C@H](CC2CCCCC2)C(=O)NCc2ccc(F)cc2)cc1OC. The molecule has 2 amide bonds. The fourth-order valence-corrected chi connectivity index (χ4v) is 4.43. The lowest BCUT2D eigenvalue weighted by Crippen LogP contribution is -2.42. The number of aliphatic imine (C=N–C) groups is 1. The van der Waals surface area contributed by atoms with Crippen molar-refractivity contribution >= 4 is 17.8 Å². The highest BCUT2D eigenvalue weighted by Gasteiger charge is 2.24. The summed E-state index contributed by atoms with van der Waals surface area (Å²) in [6.45, 7) is 0.251. The van der Waals surface area contributed by atoms with E-state index in [1.54, 1.807) is 37.4 Å². The molecule has 8 nitrogen and oxygen atoms in total. The quantitative estimate of drug-likeness (QED) is 0.343. The highest BCUT2D eigenvalue weighted by atomic mass is 19.1. The molecule has 1 atom stereocenters. The number of amides is 2. The van der Waals surface area contributed by atoms with Crippen molar-refractivity contribution < 1.29 is 23.5 Å². The van der Waals surface area contributed by atoms with Gasteiger partial charge in [-0.05, 0) is 47.7 Å². The van der Waals surface area contributed by atoms with Gasteiger partial charge in [-0.25, -0.2) is 9.38 Å². The summed E-state index contributed by atoms with van der Waals surface area (Å²) in [6.07, 6.45) is 6.18. The molecule has 0 heterocycles. The van der Waals surface area contributed by atoms with Crippen LogP contribution in [0.3, 0.4) is 0 Å². The van der Waals surface area contributed by atoms with E-state index in [0.717, 1.165) is 31.2 Å². The number of benzene rings is 2. The van der Waals surface area contributed by atoms with Crippen molar-refractivity contribution in [3.63, 3.8) is 0 Å². The lowest BCUT2D eigenvalue weighted by atomic mass is 9.84. The lowest BCUT2D eigenvalue weighted by Gasteiger charge is -2.24. The average molecular weight is 499 g/mol. The van der Waals surface area contributed by atoms with Gasteiger partial charge in [0.1, 0.15) is 11.9 Å². The zero-order valence-corrected chi connectivity index (χ0v) is 20.9. The van der Waals surface area contributed by atoms with E-state index in [4.69, 9.17) is 15.2 Å². The first-order chi connectivity index (χ1) is 17.4. The number of carbonyl (C=O) groups is 2. The molecule has 36 heavy (non-hydrogen) atoms. The molecular formula is C27H35FN4O4. The number of nitrogens with two attached hydrogens (primary N) is 1. The summed E-state index contributed by atoms with van der Waals surface area (Å²) >= 11 is 0. The molecule has 0 spiro atoms. The Kier molecular flexibility index (Phi) is 10.1. The molecule has 0 aromatic heterocycles. The molecular weight excluding hydrogens is 463 g/mol. The van der Waals surface area contributed by atoms with Crippen LogP contribution < -0.4 is 25.8 Å². The number of halogens is 1. The molecule has 0 saturated heterocycles. The van der Waals surface area contributed by atoms with Crippen LogP contribution in [0.4, 0.5) is 4.39 Å². The Labute approximate surface area is 211 Å². The van der Waals surface area contributed by atoms with Gasteiger partial charge in [-0.3, -0.25) is 14.9 Å². The van der Waals surface area contributed by atoms with E-state index in [1.807, 2.05) is 0 Å². The van der Waals surface area contributed by atoms with Crippen LogP contribution >= 0.6 is 0 Å². The number of nitrogens with zero attached hydrogens (tertiary/aromatic N) is 1. The van der Waals surface area contributed by atoms with E-state index in [9.17, 15) is 14.0 Å². The standard InChI is InChI=1S/C27H35FN4O4/c1-35-23-13-10-20(15-24(23)36-2)16-25(33)32-27(29)31-22(14-18-6-4-3-5-7-18)26(34)30-17-19-8-11-21(28)12-9-19/h8-13,15,18,22H,3-7,14,16-17H2,1-2H3,(H,30,34)(H3,29,31,32,33)/t22-/m1/s1. The molecule has 4 N–H and O–H groups in total. The van der Waals surface area contributed by atoms with Crippen LogP contribution in [0.1, 0.15) is 49.7 Å². The van der Waals surface area contributed by atoms with Crippen molar-refractivity contribution in [2.75, 3.05) is 14.2 Å². The van der Waals surface area contributed by atoms with E-state index < -0.39 is 6.04 Å². The zero-order valence-electron chi connectivity index (χ0n) is 20.9. The predicted molar refractivity (Wildman–Crippen MR) is 136 cm³/mol. The summed E-state index contributed by atoms with van der Waals surface area (Å²) in [5, 5.41) is 5.46. The minimum Gasteiger partial charge on any atom is -0.493 e. The van der Waals surface area contributed by atoms with Crippen molar-refractivity contribution in [2.45, 2.75) is 57.5 Å². The van der Waals surface area contributed by atoms with Crippen molar-refractivity contribution in [1.82, 2.24) is 10.6 Å². The maximum absolute atomic E-state index is 13.2. The molecule has 0 aliphatic heterocycles. The molecule has 2 aromatic rings. The second kappa shape index (κ2) is 13.5. The van der Waals surface area contributed by atoms with Gasteiger partial charge in [0, 0.05) is 6.54 Å². The molecule has 3 rings (SSSR count). The third kappa shape index (κ3) is 8.25. The topological polar surface area (TPSA) is 115 Å². The smallest absolute Gasteiger partial charge is 0.245 e. The van der Waals surface area contributed by atoms with Gasteiger partial charge >= 0.3 is 0 Å². The summed E-state index contributed by atoms with van der Waals surface area (Å²) in [7, 11) is 3.07. The largest absolute Gasteiger partial charge is 0.493 e. The van der Waals surface area contributed by atoms with Gasteiger partial charge in [0.2, 0.25) is 11.8 Å². The van der Waals surface area contributed by atoms with Crippen LogP contribution in [0, 0.1) is 11.7 Å². The van der Waals surface area contributed by atoms with Gasteiger partial charge in [-0.1, -0.05) is 50.3 Å². The highest BCUT2D eigenvalue weighted by molar-refractivity contribution is 5.98. The Morgan fingerprint density at radius 2 is 1.69 bits per heavy atom. The number of nitrogens with one attached hydrogen (secondary N) is 2. The molecule has 194 valence electrons. The van der Waals surface area contributed by atoms with Gasteiger partial charge in [0.25, 0.3) is 0 Å². The van der Waals surface area contributed by atoms with Crippen molar-refractivity contribution in [3.8, 4) is 11.5 Å². The average Bonchev–Trinajstić information content (AvgIpc) is 2.88. The first-order valence-corrected chi connectivity index (χ1v) is 12.2. The van der Waals surface area contributed by atoms with Crippen molar-refractivity contribution in [2.24, 2.45) is 16.6 Å². The first-order valence-electron chi connectivity index (χ1n) is 12.2. The normalized spacial score (nSPS) is 15.1. The van der Waals surface area contributed by atoms with E-state index in [0.29, 0.717) is 29.4 Å². The number of carbonyl (C=O) groups excluding carboxylic acids is 2. The van der Waals surface area contributed by atoms with E-state index in [2.05, 4.69) is 15.6 Å². The molecule has 0 bridgehead atoms. The molecule has 1 aliphatic carbocycles. The zero-order chi connectivity index (χ0) is 25.9. The fraction of sp³-hybridized carbons (Fsp3) is 0.444. The van der Waals surface area contributed by atoms with Crippen molar-refractivity contribution in [3.05, 3.63) is 59.4 Å². The Hall–Kier alpha value is -3.62. The van der Waals surface area contributed by atoms with Gasteiger partial charge < -0.3 is 20.5 Å². The summed E-state index contributed by atoms with van der Waals surface area (Å²) in [4.78, 5) is 30.0. The molecule has 0 radical (unpaired) electrons. The maximum Gasteiger partial charge on any atom is 0.245 e. The first kappa shape index (κ1) is 27.0. The Balaban J connectivity index is 1.64. The van der Waals surface area contributed by atoms with E-state index in [-0.39, 0.29) is 36.6 Å². The van der Waals surface area contributed by atoms with E-state index >= 15 is 0 Å². The molecule has 0 unspecified atom stereocenters. The molecule has 1 fully saturated rings. The number of hydrogen-bond acceptors (Lipinski definition) is 5. The summed E-state index contributed by atoms with van der Waals surface area (Å²) < 4.78 is 23.7. The summed E-state index contributed by atoms with van der Waals surface area (Å²) in [5.41, 5.74) is 7.54. The minimum atomic E-state index is -0.727. The van der Waals surface area contributed by atoms with Crippen LogP contribution in [0.25, 0.3) is 0 Å². The third-order valence-corrected chi connectivity index (χ3v) is 6.34. The maximum atomic E-state index is 13.2. The molecule has 1 aliphatic rings. The second-order valence-electron chi connectivity index (χ2n) is 9.03. The Morgan fingerprint density at radius 1 is 1.03 bits per heavy atom. The number of ether oxygens (including phenoxy) is 2. The van der Waals surface area contributed by atoms with Crippen LogP contribution in [-0.2, 0) is 22.6 Å². The van der Waals surface area contributed by atoms with Crippen LogP contribution in [0.5, 0.6) is 11.5 Å². The number of methoxy groups -OCH3 is 2. The number of guanidine groups is 1. The van der Waals surface area contributed by atoms with Gasteiger partial charge in [-0.2, -0.15) is 0 Å². The molecule has 9 heteroatoms. The number of rotatable bonds is 10. The molecule has 2 aromatic carbocycles. The Bertz CT molecular complexity index is 1050. The predicted octanol–water partition coefficient (Wildman–Crippen LogP) is 3.47.